The zero-order valence-electron chi connectivity index (χ0n) is 6.11. The van der Waals surface area contributed by atoms with Crippen molar-refractivity contribution in [3.63, 3.8) is 0 Å². The van der Waals surface area contributed by atoms with Gasteiger partial charge in [0.25, 0.3) is 0 Å². The molecule has 0 aliphatic carbocycles. The average Bonchev–Trinajstić information content (AvgIpc) is 1.84. The first-order valence-corrected chi connectivity index (χ1v) is 4.72. The maximum atomic E-state index is 8.88. The standard InChI is InChI=1S/C6H11O4P/c1-3-10-11(8,9)5-4-6(2)7/h3,6-9,11H,1H2,2H3. The van der Waals surface area contributed by atoms with E-state index in [1.165, 1.54) is 6.92 Å². The Bertz CT molecular complexity index is 188. The van der Waals surface area contributed by atoms with E-state index in [2.05, 4.69) is 17.0 Å². The van der Waals surface area contributed by atoms with E-state index in [4.69, 9.17) is 14.9 Å². The summed E-state index contributed by atoms with van der Waals surface area (Å²) in [6.07, 6.45) is 0.0118. The van der Waals surface area contributed by atoms with E-state index in [0.29, 0.717) is 0 Å². The summed E-state index contributed by atoms with van der Waals surface area (Å²) in [6, 6.07) is 0. The molecule has 3 N–H and O–H groups in total. The summed E-state index contributed by atoms with van der Waals surface area (Å²) in [5.74, 6) is 2.17. The Morgan fingerprint density at radius 1 is 1.64 bits per heavy atom. The summed E-state index contributed by atoms with van der Waals surface area (Å²) >= 11 is 0. The van der Waals surface area contributed by atoms with Crippen LogP contribution < -0.4 is 0 Å². The number of hydrogen-bond donors (Lipinski definition) is 3. The Balaban J connectivity index is 4.12. The summed E-state index contributed by atoms with van der Waals surface area (Å²) in [5.41, 5.74) is 2.02. The molecule has 4 nitrogen and oxygen atoms in total. The minimum absolute atomic E-state index is 0.894. The zero-order valence-corrected chi connectivity index (χ0v) is 7.11. The quantitative estimate of drug-likeness (QED) is 0.315. The fraction of sp³-hybridized carbons (Fsp3) is 0.333. The maximum absolute atomic E-state index is 8.88. The molecule has 0 aliphatic rings. The Hall–Kier alpha value is -0.590. The normalized spacial score (nSPS) is 14.2. The summed E-state index contributed by atoms with van der Waals surface area (Å²) < 4.78 is 4.31. The molecule has 0 aromatic carbocycles. The molecule has 0 fully saturated rings. The summed E-state index contributed by atoms with van der Waals surface area (Å²) in [7, 11) is -3.91. The molecule has 64 valence electrons. The molecule has 0 saturated carbocycles. The van der Waals surface area contributed by atoms with Crippen molar-refractivity contribution in [2.75, 3.05) is 0 Å². The topological polar surface area (TPSA) is 69.9 Å². The molecule has 0 amide bonds. The van der Waals surface area contributed by atoms with Crippen LogP contribution in [0.5, 0.6) is 0 Å². The molecule has 0 bridgehead atoms. The van der Waals surface area contributed by atoms with Crippen molar-refractivity contribution < 1.29 is 19.4 Å². The Labute approximate surface area is 65.7 Å². The van der Waals surface area contributed by atoms with Gasteiger partial charge in [-0.25, -0.2) is 0 Å². The van der Waals surface area contributed by atoms with Gasteiger partial charge in [-0.1, -0.05) is 0 Å². The van der Waals surface area contributed by atoms with E-state index in [1.54, 1.807) is 0 Å². The van der Waals surface area contributed by atoms with Crippen molar-refractivity contribution in [3.8, 4) is 11.6 Å². The van der Waals surface area contributed by atoms with Crippen LogP contribution in [0.2, 0.25) is 0 Å². The fourth-order valence-electron chi connectivity index (χ4n) is 0.344. The van der Waals surface area contributed by atoms with Crippen LogP contribution in [-0.2, 0) is 4.52 Å². The number of hydrogen-bond acceptors (Lipinski definition) is 4. The van der Waals surface area contributed by atoms with Gasteiger partial charge in [-0.05, 0) is 0 Å². The second-order valence-electron chi connectivity index (χ2n) is 1.84. The second kappa shape index (κ2) is 4.32. The van der Waals surface area contributed by atoms with Crippen LogP contribution in [-0.4, -0.2) is 21.0 Å². The van der Waals surface area contributed by atoms with Crippen LogP contribution in [0.3, 0.4) is 0 Å². The van der Waals surface area contributed by atoms with Crippen LogP contribution in [0.15, 0.2) is 12.8 Å². The third-order valence-corrected chi connectivity index (χ3v) is 1.66. The predicted octanol–water partition coefficient (Wildman–Crippen LogP) is -0.0323. The first kappa shape index (κ1) is 10.4. The van der Waals surface area contributed by atoms with Crippen molar-refractivity contribution in [3.05, 3.63) is 12.8 Å². The Kier molecular flexibility index (Phi) is 4.09. The van der Waals surface area contributed by atoms with E-state index in [0.717, 1.165) is 6.26 Å². The molecule has 0 radical (unpaired) electrons. The molecule has 1 unspecified atom stereocenters. The van der Waals surface area contributed by atoms with Gasteiger partial charge in [-0.2, -0.15) is 0 Å². The third-order valence-electron chi connectivity index (χ3n) is 0.692. The van der Waals surface area contributed by atoms with Crippen LogP contribution in [0.4, 0.5) is 0 Å². The van der Waals surface area contributed by atoms with Crippen molar-refractivity contribution in [1.82, 2.24) is 0 Å². The SMILES string of the molecule is C=CO[PH](O)(O)C#CC(C)O. The van der Waals surface area contributed by atoms with Crippen molar-refractivity contribution in [1.29, 1.82) is 0 Å². The average molecular weight is 178 g/mol. The fourth-order valence-corrected chi connectivity index (χ4v) is 1.03. The first-order chi connectivity index (χ1) is 4.98. The summed E-state index contributed by atoms with van der Waals surface area (Å²) in [4.78, 5) is 17.8. The third kappa shape index (κ3) is 5.84. The van der Waals surface area contributed by atoms with Gasteiger partial charge in [0.2, 0.25) is 0 Å². The molecule has 0 aliphatic heterocycles. The monoisotopic (exact) mass is 178 g/mol. The van der Waals surface area contributed by atoms with Gasteiger partial charge in [0.15, 0.2) is 0 Å². The van der Waals surface area contributed by atoms with Crippen LogP contribution in [0, 0.1) is 11.6 Å². The van der Waals surface area contributed by atoms with Crippen molar-refractivity contribution in [2.45, 2.75) is 13.0 Å². The summed E-state index contributed by atoms with van der Waals surface area (Å²) in [6.45, 7) is 4.54. The van der Waals surface area contributed by atoms with Crippen molar-refractivity contribution in [2.24, 2.45) is 0 Å². The van der Waals surface area contributed by atoms with Gasteiger partial charge in [0, 0.05) is 0 Å². The van der Waals surface area contributed by atoms with E-state index in [-0.39, 0.29) is 0 Å². The van der Waals surface area contributed by atoms with E-state index in [1.807, 2.05) is 5.66 Å². The molecule has 0 aromatic rings. The Morgan fingerprint density at radius 2 is 2.18 bits per heavy atom. The zero-order chi connectivity index (χ0) is 8.91. The number of aliphatic hydroxyl groups is 1. The molecular formula is C6H11O4P. The predicted molar refractivity (Wildman–Crippen MR) is 43.5 cm³/mol. The van der Waals surface area contributed by atoms with E-state index < -0.39 is 14.0 Å². The van der Waals surface area contributed by atoms with Crippen LogP contribution in [0.1, 0.15) is 6.92 Å². The van der Waals surface area contributed by atoms with Gasteiger partial charge in [-0.3, -0.25) is 0 Å². The van der Waals surface area contributed by atoms with E-state index in [9.17, 15) is 0 Å². The molecule has 0 aromatic heterocycles. The van der Waals surface area contributed by atoms with Gasteiger partial charge < -0.3 is 0 Å². The van der Waals surface area contributed by atoms with Gasteiger partial charge in [0.05, 0.1) is 0 Å². The van der Waals surface area contributed by atoms with Crippen LogP contribution >= 0.6 is 7.94 Å². The van der Waals surface area contributed by atoms with Gasteiger partial charge in [0.1, 0.15) is 0 Å². The van der Waals surface area contributed by atoms with Gasteiger partial charge in [-0.15, -0.1) is 0 Å². The molecular weight excluding hydrogens is 167 g/mol. The van der Waals surface area contributed by atoms with Crippen molar-refractivity contribution >= 4 is 7.94 Å². The second-order valence-corrected chi connectivity index (χ2v) is 3.54. The molecule has 0 spiro atoms. The number of aliphatic hydroxyl groups excluding tert-OH is 1. The van der Waals surface area contributed by atoms with Crippen LogP contribution in [0.25, 0.3) is 0 Å². The first-order valence-electron chi connectivity index (χ1n) is 2.92. The minimum atomic E-state index is -3.91. The number of rotatable bonds is 2. The molecule has 11 heavy (non-hydrogen) atoms. The summed E-state index contributed by atoms with van der Waals surface area (Å²) in [5, 5.41) is 8.63. The van der Waals surface area contributed by atoms with E-state index >= 15 is 0 Å². The molecule has 0 heterocycles. The Morgan fingerprint density at radius 3 is 2.55 bits per heavy atom. The molecule has 5 heteroatoms. The molecule has 1 atom stereocenters. The molecule has 0 saturated heterocycles. The molecule has 0 rings (SSSR count). The van der Waals surface area contributed by atoms with Gasteiger partial charge >= 0.3 is 64.8 Å².